The Morgan fingerprint density at radius 3 is 2.30 bits per heavy atom. The number of carbonyl (C=O) groups is 1. The van der Waals surface area contributed by atoms with Gasteiger partial charge in [0.2, 0.25) is 10.0 Å². The van der Waals surface area contributed by atoms with Crippen LogP contribution in [-0.4, -0.2) is 63.3 Å². The highest BCUT2D eigenvalue weighted by Gasteiger charge is 2.28. The molecule has 1 saturated heterocycles. The van der Waals surface area contributed by atoms with Crippen molar-refractivity contribution in [2.24, 2.45) is 0 Å². The van der Waals surface area contributed by atoms with E-state index in [2.05, 4.69) is 4.90 Å². The summed E-state index contributed by atoms with van der Waals surface area (Å²) in [5, 5.41) is 0. The Morgan fingerprint density at radius 1 is 1.00 bits per heavy atom. The average molecular weight is 388 g/mol. The predicted octanol–water partition coefficient (Wildman–Crippen LogP) is 2.29. The minimum absolute atomic E-state index is 0.169. The summed E-state index contributed by atoms with van der Waals surface area (Å²) in [5.74, 6) is -0.209. The lowest BCUT2D eigenvalue weighted by Crippen LogP contribution is -2.47. The topological polar surface area (TPSA) is 60.9 Å². The van der Waals surface area contributed by atoms with Gasteiger partial charge in [-0.1, -0.05) is 24.3 Å². The van der Waals surface area contributed by atoms with Gasteiger partial charge < -0.3 is 9.80 Å². The Kier molecular flexibility index (Phi) is 5.94. The Bertz CT molecular complexity index is 892. The molecule has 0 spiro atoms. The largest absolute Gasteiger partial charge is 0.309 e. The van der Waals surface area contributed by atoms with Gasteiger partial charge in [0, 0.05) is 44.0 Å². The van der Waals surface area contributed by atoms with E-state index in [0.29, 0.717) is 38.3 Å². The molecule has 0 N–H and O–H groups in total. The second kappa shape index (κ2) is 8.21. The van der Waals surface area contributed by atoms with E-state index >= 15 is 0 Å². The van der Waals surface area contributed by atoms with Crippen LogP contribution in [0.25, 0.3) is 0 Å². The van der Waals surface area contributed by atoms with Crippen molar-refractivity contribution in [1.29, 1.82) is 0 Å². The highest BCUT2D eigenvalue weighted by Crippen LogP contribution is 2.21. The van der Waals surface area contributed by atoms with Crippen LogP contribution in [0.4, 0.5) is 5.69 Å². The lowest BCUT2D eigenvalue weighted by Gasteiger charge is -2.31. The molecule has 1 aliphatic rings. The normalized spacial score (nSPS) is 16.2. The Morgan fingerprint density at radius 2 is 1.67 bits per heavy atom. The molecule has 0 aliphatic carbocycles. The van der Waals surface area contributed by atoms with Gasteiger partial charge in [-0.05, 0) is 44.3 Å². The van der Waals surface area contributed by atoms with E-state index in [1.165, 1.54) is 10.4 Å². The summed E-state index contributed by atoms with van der Waals surface area (Å²) in [7, 11) is -1.62. The quantitative estimate of drug-likeness (QED) is 0.790. The number of likely N-dealkylation sites (N-methyl/N-ethyl adjacent to an activating group) is 1. The van der Waals surface area contributed by atoms with Crippen LogP contribution < -0.4 is 4.90 Å². The molecule has 0 saturated carbocycles. The number of piperazine rings is 1. The summed E-state index contributed by atoms with van der Waals surface area (Å²) in [6.45, 7) is 4.73. The molecule has 0 radical (unpaired) electrons. The van der Waals surface area contributed by atoms with Crippen molar-refractivity contribution in [3.8, 4) is 0 Å². The molecule has 0 unspecified atom stereocenters. The first kappa shape index (κ1) is 19.5. The predicted molar refractivity (Wildman–Crippen MR) is 106 cm³/mol. The fraction of sp³-hybridized carbons (Fsp3) is 0.350. The molecular weight excluding hydrogens is 362 g/mol. The molecule has 6 nitrogen and oxygen atoms in total. The van der Waals surface area contributed by atoms with Crippen LogP contribution in [0.5, 0.6) is 0 Å². The van der Waals surface area contributed by atoms with E-state index in [0.717, 1.165) is 5.69 Å². The molecule has 0 atom stereocenters. The zero-order valence-electron chi connectivity index (χ0n) is 15.7. The minimum Gasteiger partial charge on any atom is -0.309 e. The number of carbonyl (C=O) groups excluding carboxylic acids is 1. The monoisotopic (exact) mass is 387 g/mol. The molecule has 2 aromatic carbocycles. The van der Waals surface area contributed by atoms with Crippen molar-refractivity contribution in [3.05, 3.63) is 60.2 Å². The lowest BCUT2D eigenvalue weighted by atomic mass is 10.2. The second-order valence-electron chi connectivity index (χ2n) is 6.62. The number of benzene rings is 2. The summed E-state index contributed by atoms with van der Waals surface area (Å²) in [6.07, 6.45) is 0. The van der Waals surface area contributed by atoms with Crippen molar-refractivity contribution in [2.75, 3.05) is 44.7 Å². The number of anilines is 1. The number of sulfonamides is 1. The number of hydrogen-bond acceptors (Lipinski definition) is 4. The van der Waals surface area contributed by atoms with Gasteiger partial charge in [0.05, 0.1) is 4.90 Å². The second-order valence-corrected chi connectivity index (χ2v) is 8.56. The molecule has 1 heterocycles. The van der Waals surface area contributed by atoms with Gasteiger partial charge in [-0.25, -0.2) is 8.42 Å². The van der Waals surface area contributed by atoms with Gasteiger partial charge in [0.25, 0.3) is 5.91 Å². The molecule has 1 aliphatic heterocycles. The molecule has 1 fully saturated rings. The van der Waals surface area contributed by atoms with E-state index in [9.17, 15) is 13.2 Å². The van der Waals surface area contributed by atoms with Gasteiger partial charge in [0.15, 0.2) is 0 Å². The van der Waals surface area contributed by atoms with Gasteiger partial charge in [-0.3, -0.25) is 4.79 Å². The number of amides is 1. The maximum absolute atomic E-state index is 13.0. The van der Waals surface area contributed by atoms with E-state index in [1.54, 1.807) is 23.1 Å². The summed E-state index contributed by atoms with van der Waals surface area (Å²) < 4.78 is 27.4. The summed E-state index contributed by atoms with van der Waals surface area (Å²) in [6, 6.07) is 15.7. The highest BCUT2D eigenvalue weighted by molar-refractivity contribution is 7.89. The van der Waals surface area contributed by atoms with Gasteiger partial charge in [-0.15, -0.1) is 0 Å². The zero-order valence-corrected chi connectivity index (χ0v) is 16.5. The molecule has 2 aromatic rings. The van der Waals surface area contributed by atoms with Crippen molar-refractivity contribution < 1.29 is 13.2 Å². The third-order valence-electron chi connectivity index (χ3n) is 4.81. The van der Waals surface area contributed by atoms with Crippen LogP contribution in [-0.2, 0) is 10.0 Å². The average Bonchev–Trinajstić information content (AvgIpc) is 2.70. The molecule has 3 rings (SSSR count). The molecule has 27 heavy (non-hydrogen) atoms. The highest BCUT2D eigenvalue weighted by atomic mass is 32.2. The molecule has 144 valence electrons. The number of rotatable bonds is 5. The van der Waals surface area contributed by atoms with Crippen molar-refractivity contribution in [2.45, 2.75) is 11.8 Å². The molecule has 1 amide bonds. The van der Waals surface area contributed by atoms with E-state index in [-0.39, 0.29) is 10.8 Å². The van der Waals surface area contributed by atoms with Gasteiger partial charge in [-0.2, -0.15) is 4.31 Å². The number of hydrogen-bond donors (Lipinski definition) is 0. The minimum atomic E-state index is -3.60. The SMILES string of the molecule is CCN(C(=O)c1cccc(S(=O)(=O)N2CCN(C)CC2)c1)c1ccccc1. The van der Waals surface area contributed by atoms with E-state index in [4.69, 9.17) is 0 Å². The molecular formula is C20H25N3O3S. The standard InChI is InChI=1S/C20H25N3O3S/c1-3-23(18-9-5-4-6-10-18)20(24)17-8-7-11-19(16-17)27(25,26)22-14-12-21(2)13-15-22/h4-11,16H,3,12-15H2,1-2H3. The third-order valence-corrected chi connectivity index (χ3v) is 6.70. The van der Waals surface area contributed by atoms with Gasteiger partial charge in [0.1, 0.15) is 0 Å². The summed E-state index contributed by atoms with van der Waals surface area (Å²) in [5.41, 5.74) is 1.16. The first-order chi connectivity index (χ1) is 12.9. The summed E-state index contributed by atoms with van der Waals surface area (Å²) >= 11 is 0. The smallest absolute Gasteiger partial charge is 0.258 e. The Hall–Kier alpha value is -2.22. The van der Waals surface area contributed by atoms with Crippen LogP contribution in [0.3, 0.4) is 0 Å². The van der Waals surface area contributed by atoms with Crippen LogP contribution in [0.15, 0.2) is 59.5 Å². The zero-order chi connectivity index (χ0) is 19.4. The third kappa shape index (κ3) is 4.21. The summed E-state index contributed by atoms with van der Waals surface area (Å²) in [4.78, 5) is 16.9. The first-order valence-corrected chi connectivity index (χ1v) is 10.5. The van der Waals surface area contributed by atoms with Crippen LogP contribution in [0.2, 0.25) is 0 Å². The Labute approximate surface area is 161 Å². The number of para-hydroxylation sites is 1. The van der Waals surface area contributed by atoms with Crippen molar-refractivity contribution in [3.63, 3.8) is 0 Å². The number of nitrogens with zero attached hydrogens (tertiary/aromatic N) is 3. The van der Waals surface area contributed by atoms with Crippen molar-refractivity contribution >= 4 is 21.6 Å². The van der Waals surface area contributed by atoms with E-state index < -0.39 is 10.0 Å². The van der Waals surface area contributed by atoms with Crippen LogP contribution >= 0.6 is 0 Å². The van der Waals surface area contributed by atoms with Crippen LogP contribution in [0.1, 0.15) is 17.3 Å². The van der Waals surface area contributed by atoms with Crippen LogP contribution in [0, 0.1) is 0 Å². The fourth-order valence-corrected chi connectivity index (χ4v) is 4.64. The van der Waals surface area contributed by atoms with Gasteiger partial charge >= 0.3 is 0 Å². The van der Waals surface area contributed by atoms with Crippen molar-refractivity contribution in [1.82, 2.24) is 9.21 Å². The Balaban J connectivity index is 1.87. The van der Waals surface area contributed by atoms with E-state index in [1.807, 2.05) is 44.3 Å². The maximum Gasteiger partial charge on any atom is 0.258 e. The first-order valence-electron chi connectivity index (χ1n) is 9.09. The maximum atomic E-state index is 13.0. The molecule has 7 heteroatoms. The molecule has 0 bridgehead atoms. The lowest BCUT2D eigenvalue weighted by molar-refractivity contribution is 0.0988. The molecule has 0 aromatic heterocycles. The fourth-order valence-electron chi connectivity index (χ4n) is 3.17.